The lowest BCUT2D eigenvalue weighted by molar-refractivity contribution is 0.101. The minimum atomic E-state index is -0.201. The number of carbonyl (C=O) groups excluding carboxylic acids is 2. The third-order valence-electron chi connectivity index (χ3n) is 3.86. The SMILES string of the molecule is CC(=O)c1ccc(NC(=O)c2ccc3nc(C(C)C)[nH]c3c2)cc1. The van der Waals surface area contributed by atoms with E-state index in [1.54, 1.807) is 36.4 Å². The molecule has 1 aromatic heterocycles. The van der Waals surface area contributed by atoms with Crippen LogP contribution < -0.4 is 5.32 Å². The van der Waals surface area contributed by atoms with E-state index >= 15 is 0 Å². The normalized spacial score (nSPS) is 11.0. The highest BCUT2D eigenvalue weighted by atomic mass is 16.1. The molecule has 0 aliphatic rings. The van der Waals surface area contributed by atoms with Crippen molar-refractivity contribution in [2.75, 3.05) is 5.32 Å². The number of nitrogens with zero attached hydrogens (tertiary/aromatic N) is 1. The van der Waals surface area contributed by atoms with Crippen LogP contribution in [0.2, 0.25) is 0 Å². The maximum atomic E-state index is 12.4. The summed E-state index contributed by atoms with van der Waals surface area (Å²) in [6, 6.07) is 12.2. The van der Waals surface area contributed by atoms with Gasteiger partial charge >= 0.3 is 0 Å². The van der Waals surface area contributed by atoms with Crippen molar-refractivity contribution in [1.82, 2.24) is 9.97 Å². The van der Waals surface area contributed by atoms with Gasteiger partial charge in [-0.1, -0.05) is 13.8 Å². The van der Waals surface area contributed by atoms with E-state index < -0.39 is 0 Å². The molecular formula is C19H19N3O2. The van der Waals surface area contributed by atoms with Crippen LogP contribution in [0.4, 0.5) is 5.69 Å². The molecule has 2 aromatic carbocycles. The molecule has 3 rings (SSSR count). The van der Waals surface area contributed by atoms with E-state index in [0.717, 1.165) is 16.9 Å². The van der Waals surface area contributed by atoms with Crippen molar-refractivity contribution in [3.05, 3.63) is 59.4 Å². The Morgan fingerprint density at radius 3 is 2.33 bits per heavy atom. The van der Waals surface area contributed by atoms with E-state index in [9.17, 15) is 9.59 Å². The highest BCUT2D eigenvalue weighted by Crippen LogP contribution is 2.19. The number of benzene rings is 2. The number of imidazole rings is 1. The first kappa shape index (κ1) is 15.9. The molecule has 3 aromatic rings. The van der Waals surface area contributed by atoms with Crippen LogP contribution in [0.1, 0.15) is 53.2 Å². The highest BCUT2D eigenvalue weighted by molar-refractivity contribution is 6.06. The molecule has 0 atom stereocenters. The van der Waals surface area contributed by atoms with Gasteiger partial charge in [-0.2, -0.15) is 0 Å². The lowest BCUT2D eigenvalue weighted by Gasteiger charge is -2.06. The van der Waals surface area contributed by atoms with Gasteiger partial charge in [0.15, 0.2) is 5.78 Å². The van der Waals surface area contributed by atoms with Gasteiger partial charge in [0.1, 0.15) is 5.82 Å². The lowest BCUT2D eigenvalue weighted by Crippen LogP contribution is -2.11. The van der Waals surface area contributed by atoms with Crippen molar-refractivity contribution in [3.63, 3.8) is 0 Å². The Balaban J connectivity index is 1.81. The van der Waals surface area contributed by atoms with E-state index in [1.165, 1.54) is 6.92 Å². The Morgan fingerprint density at radius 2 is 1.71 bits per heavy atom. The number of nitrogens with one attached hydrogen (secondary N) is 2. The molecular weight excluding hydrogens is 302 g/mol. The van der Waals surface area contributed by atoms with Crippen LogP contribution in [0.5, 0.6) is 0 Å². The van der Waals surface area contributed by atoms with Gasteiger partial charge in [0.05, 0.1) is 11.0 Å². The largest absolute Gasteiger partial charge is 0.342 e. The summed E-state index contributed by atoms with van der Waals surface area (Å²) in [5, 5.41) is 2.83. The summed E-state index contributed by atoms with van der Waals surface area (Å²) in [5.41, 5.74) is 3.52. The Bertz CT molecular complexity index is 908. The Morgan fingerprint density at radius 1 is 1.04 bits per heavy atom. The summed E-state index contributed by atoms with van der Waals surface area (Å²) < 4.78 is 0. The number of aromatic nitrogens is 2. The summed E-state index contributed by atoms with van der Waals surface area (Å²) in [5.74, 6) is 1.00. The molecule has 24 heavy (non-hydrogen) atoms. The number of H-pyrrole nitrogens is 1. The number of anilines is 1. The molecule has 0 bridgehead atoms. The van der Waals surface area contributed by atoms with Crippen molar-refractivity contribution in [3.8, 4) is 0 Å². The molecule has 1 heterocycles. The minimum Gasteiger partial charge on any atom is -0.342 e. The van der Waals surface area contributed by atoms with Crippen LogP contribution in [0, 0.1) is 0 Å². The summed E-state index contributed by atoms with van der Waals surface area (Å²) in [4.78, 5) is 31.4. The predicted octanol–water partition coefficient (Wildman–Crippen LogP) is 4.14. The molecule has 0 spiro atoms. The summed E-state index contributed by atoms with van der Waals surface area (Å²) >= 11 is 0. The predicted molar refractivity (Wildman–Crippen MR) is 94.6 cm³/mol. The molecule has 1 amide bonds. The maximum absolute atomic E-state index is 12.4. The number of ketones is 1. The zero-order valence-electron chi connectivity index (χ0n) is 13.9. The van der Waals surface area contributed by atoms with Gasteiger partial charge in [0.2, 0.25) is 0 Å². The zero-order chi connectivity index (χ0) is 17.3. The van der Waals surface area contributed by atoms with Crippen molar-refractivity contribution in [2.45, 2.75) is 26.7 Å². The van der Waals surface area contributed by atoms with Crippen molar-refractivity contribution in [1.29, 1.82) is 0 Å². The van der Waals surface area contributed by atoms with Gasteiger partial charge < -0.3 is 10.3 Å². The number of Topliss-reactive ketones (excluding diaryl/α,β-unsaturated/α-hetero) is 1. The third-order valence-corrected chi connectivity index (χ3v) is 3.86. The quantitative estimate of drug-likeness (QED) is 0.709. The second-order valence-corrected chi connectivity index (χ2v) is 6.10. The van der Waals surface area contributed by atoms with E-state index in [4.69, 9.17) is 0 Å². The Hall–Kier alpha value is -2.95. The number of hydrogen-bond acceptors (Lipinski definition) is 3. The average Bonchev–Trinajstić information content (AvgIpc) is 2.98. The standard InChI is InChI=1S/C19H19N3O2/c1-11(2)18-21-16-9-6-14(10-17(16)22-18)19(24)20-15-7-4-13(5-8-15)12(3)23/h4-11H,1-3H3,(H,20,24)(H,21,22). The van der Waals surface area contributed by atoms with Crippen LogP contribution in [0.3, 0.4) is 0 Å². The van der Waals surface area contributed by atoms with Gasteiger partial charge in [-0.25, -0.2) is 4.98 Å². The van der Waals surface area contributed by atoms with Crippen LogP contribution in [-0.2, 0) is 0 Å². The zero-order valence-corrected chi connectivity index (χ0v) is 13.9. The van der Waals surface area contributed by atoms with Gasteiger partial charge in [0.25, 0.3) is 5.91 Å². The van der Waals surface area contributed by atoms with Gasteiger partial charge in [0, 0.05) is 22.7 Å². The fourth-order valence-corrected chi connectivity index (χ4v) is 2.44. The summed E-state index contributed by atoms with van der Waals surface area (Å²) in [7, 11) is 0. The Kier molecular flexibility index (Phi) is 4.16. The van der Waals surface area contributed by atoms with E-state index in [0.29, 0.717) is 22.7 Å². The highest BCUT2D eigenvalue weighted by Gasteiger charge is 2.11. The van der Waals surface area contributed by atoms with Gasteiger partial charge in [-0.3, -0.25) is 9.59 Å². The van der Waals surface area contributed by atoms with Gasteiger partial charge in [-0.05, 0) is 49.4 Å². The molecule has 122 valence electrons. The lowest BCUT2D eigenvalue weighted by atomic mass is 10.1. The van der Waals surface area contributed by atoms with Crippen LogP contribution in [0.25, 0.3) is 11.0 Å². The van der Waals surface area contributed by atoms with Crippen molar-refractivity contribution in [2.24, 2.45) is 0 Å². The minimum absolute atomic E-state index is 0.00136. The van der Waals surface area contributed by atoms with E-state index in [-0.39, 0.29) is 11.7 Å². The number of hydrogen-bond donors (Lipinski definition) is 2. The first-order chi connectivity index (χ1) is 11.4. The second-order valence-electron chi connectivity index (χ2n) is 6.10. The second kappa shape index (κ2) is 6.28. The van der Waals surface area contributed by atoms with Crippen LogP contribution >= 0.6 is 0 Å². The maximum Gasteiger partial charge on any atom is 0.255 e. The molecule has 0 radical (unpaired) electrons. The molecule has 0 saturated carbocycles. The molecule has 5 heteroatoms. The molecule has 0 saturated heterocycles. The van der Waals surface area contributed by atoms with E-state index in [1.807, 2.05) is 6.07 Å². The number of fused-ring (bicyclic) bond motifs is 1. The molecule has 0 unspecified atom stereocenters. The first-order valence-corrected chi connectivity index (χ1v) is 7.86. The van der Waals surface area contributed by atoms with Crippen LogP contribution in [0.15, 0.2) is 42.5 Å². The fraction of sp³-hybridized carbons (Fsp3) is 0.211. The number of aromatic amines is 1. The molecule has 0 aliphatic carbocycles. The topological polar surface area (TPSA) is 74.8 Å². The number of carbonyl (C=O) groups is 2. The summed E-state index contributed by atoms with van der Waals surface area (Å²) in [6.45, 7) is 5.64. The van der Waals surface area contributed by atoms with E-state index in [2.05, 4.69) is 29.1 Å². The molecule has 2 N–H and O–H groups in total. The first-order valence-electron chi connectivity index (χ1n) is 7.86. The monoisotopic (exact) mass is 321 g/mol. The van der Waals surface area contributed by atoms with Gasteiger partial charge in [-0.15, -0.1) is 0 Å². The number of amides is 1. The Labute approximate surface area is 140 Å². The van der Waals surface area contributed by atoms with Crippen molar-refractivity contribution < 1.29 is 9.59 Å². The van der Waals surface area contributed by atoms with Crippen LogP contribution in [-0.4, -0.2) is 21.7 Å². The number of rotatable bonds is 4. The molecule has 0 fully saturated rings. The molecule has 0 aliphatic heterocycles. The smallest absolute Gasteiger partial charge is 0.255 e. The third kappa shape index (κ3) is 3.20. The van der Waals surface area contributed by atoms with Crippen molar-refractivity contribution >= 4 is 28.4 Å². The summed E-state index contributed by atoms with van der Waals surface area (Å²) in [6.07, 6.45) is 0. The molecule has 5 nitrogen and oxygen atoms in total. The fourth-order valence-electron chi connectivity index (χ4n) is 2.44. The average molecular weight is 321 g/mol.